The number of nitrogens with zero attached hydrogens (tertiary/aromatic N) is 2. The molecule has 0 aliphatic rings. The van der Waals surface area contributed by atoms with Crippen LogP contribution in [0.1, 0.15) is 0 Å². The van der Waals surface area contributed by atoms with Crippen molar-refractivity contribution in [3.63, 3.8) is 0 Å². The molecule has 0 saturated carbocycles. The van der Waals surface area contributed by atoms with Crippen LogP contribution in [0.4, 0.5) is 0 Å². The number of imidazole rings is 1. The van der Waals surface area contributed by atoms with Gasteiger partial charge in [0.15, 0.2) is 10.4 Å². The lowest BCUT2D eigenvalue weighted by Crippen LogP contribution is -1.95. The van der Waals surface area contributed by atoms with Gasteiger partial charge in [-0.2, -0.15) is 0 Å². The first kappa shape index (κ1) is 12.6. The largest absolute Gasteiger partial charge is 0.329 e. The van der Waals surface area contributed by atoms with Crippen molar-refractivity contribution in [1.29, 1.82) is 0 Å². The molecule has 4 aromatic rings. The molecule has 1 N–H and O–H groups in total. The smallest absolute Gasteiger partial charge is 0.183 e. The van der Waals surface area contributed by atoms with E-state index in [1.807, 2.05) is 28.8 Å². The molecule has 4 rings (SSSR count). The third kappa shape index (κ3) is 2.04. The van der Waals surface area contributed by atoms with Crippen molar-refractivity contribution in [2.24, 2.45) is 0 Å². The van der Waals surface area contributed by atoms with Crippen LogP contribution < -0.4 is 0 Å². The summed E-state index contributed by atoms with van der Waals surface area (Å²) in [6.07, 6.45) is 1.63. The second-order valence-electron chi connectivity index (χ2n) is 4.82. The third-order valence-electron chi connectivity index (χ3n) is 3.48. The molecule has 0 unspecified atom stereocenters. The summed E-state index contributed by atoms with van der Waals surface area (Å²) >= 11 is 11.4. The van der Waals surface area contributed by atoms with E-state index in [2.05, 4.69) is 34.2 Å². The van der Waals surface area contributed by atoms with Crippen LogP contribution in [0.3, 0.4) is 0 Å². The zero-order chi connectivity index (χ0) is 14.4. The molecule has 0 aliphatic carbocycles. The highest BCUT2D eigenvalue weighted by Crippen LogP contribution is 2.23. The van der Waals surface area contributed by atoms with Crippen molar-refractivity contribution in [3.05, 3.63) is 64.5 Å². The average molecular weight is 312 g/mol. The number of pyridine rings is 1. The number of fused-ring (bicyclic) bond motifs is 2. The normalized spacial score (nSPS) is 11.3. The molecule has 0 fully saturated rings. The van der Waals surface area contributed by atoms with Gasteiger partial charge in [-0.05, 0) is 41.2 Å². The van der Waals surface area contributed by atoms with Crippen molar-refractivity contribution in [3.8, 4) is 5.69 Å². The van der Waals surface area contributed by atoms with E-state index in [0.717, 1.165) is 16.9 Å². The monoisotopic (exact) mass is 311 g/mol. The third-order valence-corrected chi connectivity index (χ3v) is 3.97. The van der Waals surface area contributed by atoms with E-state index >= 15 is 0 Å². The minimum absolute atomic E-state index is 0.587. The molecule has 2 aromatic heterocycles. The maximum absolute atomic E-state index is 5.98. The number of hydrogen-bond donors (Lipinski definition) is 1. The van der Waals surface area contributed by atoms with Crippen molar-refractivity contribution in [2.75, 3.05) is 0 Å². The van der Waals surface area contributed by atoms with Crippen molar-refractivity contribution >= 4 is 45.8 Å². The van der Waals surface area contributed by atoms with E-state index < -0.39 is 0 Å². The molecule has 0 aliphatic heterocycles. The molecular weight excluding hydrogens is 302 g/mol. The number of aromatic nitrogens is 3. The van der Waals surface area contributed by atoms with Gasteiger partial charge in [0, 0.05) is 6.20 Å². The molecule has 0 radical (unpaired) electrons. The first-order valence-electron chi connectivity index (χ1n) is 6.48. The predicted molar refractivity (Wildman–Crippen MR) is 88.8 cm³/mol. The molecule has 0 bridgehead atoms. The minimum atomic E-state index is 0.587. The van der Waals surface area contributed by atoms with Gasteiger partial charge < -0.3 is 4.98 Å². The number of aromatic amines is 1. The van der Waals surface area contributed by atoms with Crippen LogP contribution in [0.2, 0.25) is 5.02 Å². The van der Waals surface area contributed by atoms with Crippen LogP contribution >= 0.6 is 23.8 Å². The van der Waals surface area contributed by atoms with Gasteiger partial charge in [0.1, 0.15) is 0 Å². The first-order valence-corrected chi connectivity index (χ1v) is 7.26. The highest BCUT2D eigenvalue weighted by molar-refractivity contribution is 7.71. The summed E-state index contributed by atoms with van der Waals surface area (Å²) in [5, 5.41) is 2.95. The SMILES string of the molecule is S=c1[nH]c2cc(Cl)cnc2n1-c1ccc2ccccc2c1. The van der Waals surface area contributed by atoms with E-state index in [0.29, 0.717) is 9.79 Å². The number of H-pyrrole nitrogens is 1. The summed E-state index contributed by atoms with van der Waals surface area (Å²) in [4.78, 5) is 7.54. The van der Waals surface area contributed by atoms with Gasteiger partial charge in [0.05, 0.1) is 16.2 Å². The molecular formula is C16H10ClN3S. The number of benzene rings is 2. The van der Waals surface area contributed by atoms with E-state index in [9.17, 15) is 0 Å². The number of halogens is 1. The number of rotatable bonds is 1. The molecule has 5 heteroatoms. The quantitative estimate of drug-likeness (QED) is 0.508. The Kier molecular flexibility index (Phi) is 2.80. The lowest BCUT2D eigenvalue weighted by Gasteiger charge is -2.06. The van der Waals surface area contributed by atoms with Crippen LogP contribution in [0.5, 0.6) is 0 Å². The molecule has 0 atom stereocenters. The summed E-state index contributed by atoms with van der Waals surface area (Å²) in [7, 11) is 0. The van der Waals surface area contributed by atoms with Gasteiger partial charge in [0.25, 0.3) is 0 Å². The Labute approximate surface area is 130 Å². The Bertz CT molecular complexity index is 1030. The lowest BCUT2D eigenvalue weighted by molar-refractivity contribution is 1.05. The summed E-state index contributed by atoms with van der Waals surface area (Å²) in [6, 6.07) is 16.3. The van der Waals surface area contributed by atoms with Crippen molar-refractivity contribution < 1.29 is 0 Å². The molecule has 2 heterocycles. The fourth-order valence-electron chi connectivity index (χ4n) is 2.52. The van der Waals surface area contributed by atoms with Gasteiger partial charge in [0.2, 0.25) is 0 Å². The Morgan fingerprint density at radius 1 is 1.05 bits per heavy atom. The van der Waals surface area contributed by atoms with Crippen molar-refractivity contribution in [2.45, 2.75) is 0 Å². The second-order valence-corrected chi connectivity index (χ2v) is 5.64. The second kappa shape index (κ2) is 4.69. The maximum Gasteiger partial charge on any atom is 0.183 e. The maximum atomic E-state index is 5.98. The topological polar surface area (TPSA) is 33.6 Å². The van der Waals surface area contributed by atoms with Gasteiger partial charge in [-0.3, -0.25) is 4.57 Å². The van der Waals surface area contributed by atoms with E-state index in [4.69, 9.17) is 23.8 Å². The van der Waals surface area contributed by atoms with Crippen LogP contribution in [0, 0.1) is 4.77 Å². The molecule has 0 spiro atoms. The fraction of sp³-hybridized carbons (Fsp3) is 0. The van der Waals surface area contributed by atoms with E-state index in [1.54, 1.807) is 6.20 Å². The molecule has 0 saturated heterocycles. The zero-order valence-corrected chi connectivity index (χ0v) is 12.4. The van der Waals surface area contributed by atoms with Crippen LogP contribution in [0.25, 0.3) is 27.6 Å². The summed E-state index contributed by atoms with van der Waals surface area (Å²) in [5.41, 5.74) is 2.60. The van der Waals surface area contributed by atoms with Crippen LogP contribution in [-0.2, 0) is 0 Å². The van der Waals surface area contributed by atoms with Gasteiger partial charge >= 0.3 is 0 Å². The summed E-state index contributed by atoms with van der Waals surface area (Å²) in [6.45, 7) is 0. The Hall–Kier alpha value is -2.17. The van der Waals surface area contributed by atoms with E-state index in [1.165, 1.54) is 10.8 Å². The summed E-state index contributed by atoms with van der Waals surface area (Å²) in [5.74, 6) is 0. The number of nitrogens with one attached hydrogen (secondary N) is 1. The van der Waals surface area contributed by atoms with Gasteiger partial charge in [-0.25, -0.2) is 4.98 Å². The molecule has 21 heavy (non-hydrogen) atoms. The molecule has 3 nitrogen and oxygen atoms in total. The van der Waals surface area contributed by atoms with Gasteiger partial charge in [-0.1, -0.05) is 41.9 Å². The molecule has 102 valence electrons. The van der Waals surface area contributed by atoms with Crippen molar-refractivity contribution in [1.82, 2.24) is 14.5 Å². The Morgan fingerprint density at radius 3 is 2.71 bits per heavy atom. The molecule has 0 amide bonds. The van der Waals surface area contributed by atoms with Gasteiger partial charge in [-0.15, -0.1) is 0 Å². The van der Waals surface area contributed by atoms with Crippen LogP contribution in [0.15, 0.2) is 54.7 Å². The predicted octanol–water partition coefficient (Wildman–Crippen LogP) is 4.89. The Morgan fingerprint density at radius 2 is 1.86 bits per heavy atom. The number of hydrogen-bond acceptors (Lipinski definition) is 2. The average Bonchev–Trinajstić information content (AvgIpc) is 2.81. The molecule has 2 aromatic carbocycles. The highest BCUT2D eigenvalue weighted by Gasteiger charge is 2.08. The lowest BCUT2D eigenvalue weighted by atomic mass is 10.1. The minimum Gasteiger partial charge on any atom is -0.329 e. The standard InChI is InChI=1S/C16H10ClN3S/c17-12-8-14-15(18-9-12)20(16(21)19-14)13-6-5-10-3-1-2-4-11(10)7-13/h1-9H,(H,19,21). The zero-order valence-electron chi connectivity index (χ0n) is 10.9. The first-order chi connectivity index (χ1) is 10.2. The van der Waals surface area contributed by atoms with Crippen LogP contribution in [-0.4, -0.2) is 14.5 Å². The summed E-state index contributed by atoms with van der Waals surface area (Å²) < 4.78 is 2.53. The fourth-order valence-corrected chi connectivity index (χ4v) is 2.98. The highest BCUT2D eigenvalue weighted by atomic mass is 35.5. The Balaban J connectivity index is 2.03. The van der Waals surface area contributed by atoms with E-state index in [-0.39, 0.29) is 0 Å².